The summed E-state index contributed by atoms with van der Waals surface area (Å²) in [5.74, 6) is 1.41. The summed E-state index contributed by atoms with van der Waals surface area (Å²) in [5.41, 5.74) is 1.80. The largest absolute Gasteiger partial charge is 0.494 e. The van der Waals surface area contributed by atoms with Crippen molar-refractivity contribution in [1.29, 1.82) is 0 Å². The van der Waals surface area contributed by atoms with Crippen LogP contribution in [0.2, 0.25) is 0 Å². The Morgan fingerprint density at radius 3 is 2.21 bits per heavy atom. The van der Waals surface area contributed by atoms with Crippen LogP contribution in [0.3, 0.4) is 0 Å². The Morgan fingerprint density at radius 1 is 0.949 bits per heavy atom. The molecule has 0 saturated heterocycles. The maximum Gasteiger partial charge on any atom is 0.213 e. The number of hydrogen-bond donors (Lipinski definition) is 0. The van der Waals surface area contributed by atoms with Crippen molar-refractivity contribution in [2.24, 2.45) is 0 Å². The van der Waals surface area contributed by atoms with Gasteiger partial charge in [-0.15, -0.1) is 10.2 Å². The first kappa shape index (κ1) is 28.0. The standard InChI is InChI=1S/C27H32N6O5S/c1-7-38-24-13-8-10-20(30-24)27-32-31-23(33(27)25-21(36-5)11-9-12-22(25)37-6)16-39(34,35)19(4)18(3)26-28-14-17(2)15-29-26/h8-15,18-19H,7,16H2,1-6H3/t18-,19-/m0/s1. The summed E-state index contributed by atoms with van der Waals surface area (Å²) in [6.07, 6.45) is 3.36. The van der Waals surface area contributed by atoms with Gasteiger partial charge in [0, 0.05) is 24.4 Å². The van der Waals surface area contributed by atoms with Gasteiger partial charge in [-0.05, 0) is 44.5 Å². The Bertz CT molecular complexity index is 1520. The van der Waals surface area contributed by atoms with Crippen molar-refractivity contribution < 1.29 is 22.6 Å². The third-order valence-corrected chi connectivity index (χ3v) is 8.61. The number of methoxy groups -OCH3 is 2. The molecule has 0 unspecified atom stereocenters. The summed E-state index contributed by atoms with van der Waals surface area (Å²) in [6.45, 7) is 7.64. The molecule has 0 aliphatic heterocycles. The number of para-hydroxylation sites is 1. The molecule has 11 nitrogen and oxygen atoms in total. The van der Waals surface area contributed by atoms with Crippen molar-refractivity contribution >= 4 is 9.84 Å². The number of pyridine rings is 1. The highest BCUT2D eigenvalue weighted by Crippen LogP contribution is 2.37. The summed E-state index contributed by atoms with van der Waals surface area (Å²) in [5, 5.41) is 7.88. The average Bonchev–Trinajstić information content (AvgIpc) is 3.34. The number of aromatic nitrogens is 6. The van der Waals surface area contributed by atoms with E-state index in [1.165, 1.54) is 14.2 Å². The van der Waals surface area contributed by atoms with Gasteiger partial charge in [0.1, 0.15) is 34.5 Å². The number of aryl methyl sites for hydroxylation is 1. The molecule has 3 aromatic heterocycles. The minimum atomic E-state index is -3.76. The third kappa shape index (κ3) is 5.85. The van der Waals surface area contributed by atoms with Gasteiger partial charge in [-0.25, -0.2) is 23.4 Å². The van der Waals surface area contributed by atoms with Crippen molar-refractivity contribution in [1.82, 2.24) is 29.7 Å². The second-order valence-corrected chi connectivity index (χ2v) is 11.4. The van der Waals surface area contributed by atoms with Gasteiger partial charge in [0.05, 0.1) is 26.1 Å². The quantitative estimate of drug-likeness (QED) is 0.269. The van der Waals surface area contributed by atoms with E-state index in [1.54, 1.807) is 67.2 Å². The van der Waals surface area contributed by atoms with Gasteiger partial charge >= 0.3 is 0 Å². The molecule has 0 saturated carbocycles. The molecular formula is C27H32N6O5S. The molecule has 0 aliphatic carbocycles. The van der Waals surface area contributed by atoms with E-state index in [9.17, 15) is 8.42 Å². The first-order valence-corrected chi connectivity index (χ1v) is 14.2. The van der Waals surface area contributed by atoms with Crippen molar-refractivity contribution in [3.63, 3.8) is 0 Å². The third-order valence-electron chi connectivity index (χ3n) is 6.41. The molecule has 1 aromatic carbocycles. The van der Waals surface area contributed by atoms with E-state index in [0.717, 1.165) is 5.56 Å². The van der Waals surface area contributed by atoms with E-state index in [4.69, 9.17) is 14.2 Å². The minimum Gasteiger partial charge on any atom is -0.494 e. The lowest BCUT2D eigenvalue weighted by atomic mass is 10.1. The molecule has 0 bridgehead atoms. The summed E-state index contributed by atoms with van der Waals surface area (Å²) in [4.78, 5) is 13.2. The number of nitrogens with zero attached hydrogens (tertiary/aromatic N) is 6. The number of hydrogen-bond acceptors (Lipinski definition) is 10. The van der Waals surface area contributed by atoms with Crippen LogP contribution >= 0.6 is 0 Å². The Hall–Kier alpha value is -4.06. The topological polar surface area (TPSA) is 131 Å². The Morgan fingerprint density at radius 2 is 1.59 bits per heavy atom. The Labute approximate surface area is 228 Å². The molecule has 206 valence electrons. The summed E-state index contributed by atoms with van der Waals surface area (Å²) in [7, 11) is -0.705. The average molecular weight is 553 g/mol. The first-order valence-electron chi connectivity index (χ1n) is 12.5. The van der Waals surface area contributed by atoms with Gasteiger partial charge in [-0.3, -0.25) is 4.57 Å². The SMILES string of the molecule is CCOc1cccc(-c2nnc(CS(=O)(=O)[C@@H](C)[C@H](C)c3ncc(C)cn3)n2-c2c(OC)cccc2OC)n1. The highest BCUT2D eigenvalue weighted by Gasteiger charge is 2.33. The first-order chi connectivity index (χ1) is 18.7. The lowest BCUT2D eigenvalue weighted by Crippen LogP contribution is -2.27. The van der Waals surface area contributed by atoms with Crippen molar-refractivity contribution in [3.8, 4) is 34.6 Å². The molecule has 0 aliphatic rings. The molecule has 0 radical (unpaired) electrons. The summed E-state index contributed by atoms with van der Waals surface area (Å²) in [6, 6.07) is 10.6. The Kier molecular flexibility index (Phi) is 8.44. The molecule has 4 aromatic rings. The molecule has 3 heterocycles. The maximum atomic E-state index is 13.7. The molecule has 0 amide bonds. The predicted molar refractivity (Wildman–Crippen MR) is 146 cm³/mol. The fourth-order valence-corrected chi connectivity index (χ4v) is 5.65. The van der Waals surface area contributed by atoms with Crippen LogP contribution in [0.25, 0.3) is 17.2 Å². The van der Waals surface area contributed by atoms with E-state index in [2.05, 4.69) is 25.1 Å². The van der Waals surface area contributed by atoms with Gasteiger partial charge in [0.15, 0.2) is 21.5 Å². The van der Waals surface area contributed by atoms with E-state index in [-0.39, 0.29) is 5.82 Å². The van der Waals surface area contributed by atoms with Gasteiger partial charge in [0.25, 0.3) is 0 Å². The van der Waals surface area contributed by atoms with Gasteiger partial charge in [-0.1, -0.05) is 19.1 Å². The fraction of sp³-hybridized carbons (Fsp3) is 0.370. The van der Waals surface area contributed by atoms with Gasteiger partial charge in [0.2, 0.25) is 5.88 Å². The van der Waals surface area contributed by atoms with E-state index < -0.39 is 26.8 Å². The molecule has 39 heavy (non-hydrogen) atoms. The maximum absolute atomic E-state index is 13.7. The predicted octanol–water partition coefficient (Wildman–Crippen LogP) is 3.95. The lowest BCUT2D eigenvalue weighted by molar-refractivity contribution is 0.327. The van der Waals surface area contributed by atoms with Crippen LogP contribution < -0.4 is 14.2 Å². The minimum absolute atomic E-state index is 0.181. The molecule has 0 fully saturated rings. The molecule has 0 spiro atoms. The van der Waals surface area contributed by atoms with Crippen LogP contribution in [0.4, 0.5) is 0 Å². The molecular weight excluding hydrogens is 520 g/mol. The molecule has 4 rings (SSSR count). The molecule has 0 N–H and O–H groups in total. The number of benzene rings is 1. The van der Waals surface area contributed by atoms with Crippen LogP contribution in [-0.4, -0.2) is 64.2 Å². The van der Waals surface area contributed by atoms with Crippen LogP contribution in [0.15, 0.2) is 48.8 Å². The second kappa shape index (κ2) is 11.8. The van der Waals surface area contributed by atoms with Crippen LogP contribution in [-0.2, 0) is 15.6 Å². The zero-order chi connectivity index (χ0) is 28.2. The van der Waals surface area contributed by atoms with Crippen LogP contribution in [0.5, 0.6) is 17.4 Å². The highest BCUT2D eigenvalue weighted by molar-refractivity contribution is 7.91. The summed E-state index contributed by atoms with van der Waals surface area (Å²) >= 11 is 0. The zero-order valence-electron chi connectivity index (χ0n) is 22.8. The van der Waals surface area contributed by atoms with Crippen LogP contribution in [0, 0.1) is 6.92 Å². The summed E-state index contributed by atoms with van der Waals surface area (Å²) < 4.78 is 45.9. The lowest BCUT2D eigenvalue weighted by Gasteiger charge is -2.20. The van der Waals surface area contributed by atoms with Crippen molar-refractivity contribution in [3.05, 3.63) is 66.0 Å². The van der Waals surface area contributed by atoms with E-state index in [1.807, 2.05) is 13.8 Å². The number of sulfone groups is 1. The van der Waals surface area contributed by atoms with Crippen molar-refractivity contribution in [2.45, 2.75) is 44.6 Å². The fourth-order valence-electron chi connectivity index (χ4n) is 4.10. The number of rotatable bonds is 11. The molecule has 12 heteroatoms. The molecule has 2 atom stereocenters. The van der Waals surface area contributed by atoms with Crippen LogP contribution in [0.1, 0.15) is 43.9 Å². The second-order valence-electron chi connectivity index (χ2n) is 9.00. The van der Waals surface area contributed by atoms with E-state index >= 15 is 0 Å². The Balaban J connectivity index is 1.84. The zero-order valence-corrected chi connectivity index (χ0v) is 23.6. The monoisotopic (exact) mass is 552 g/mol. The van der Waals surface area contributed by atoms with Gasteiger partial charge in [-0.2, -0.15) is 0 Å². The normalized spacial score (nSPS) is 13.1. The number of ether oxygens (including phenoxy) is 3. The highest BCUT2D eigenvalue weighted by atomic mass is 32.2. The smallest absolute Gasteiger partial charge is 0.213 e. The van der Waals surface area contributed by atoms with Gasteiger partial charge < -0.3 is 14.2 Å². The van der Waals surface area contributed by atoms with E-state index in [0.29, 0.717) is 47.0 Å². The van der Waals surface area contributed by atoms with Crippen molar-refractivity contribution in [2.75, 3.05) is 20.8 Å².